The molecule has 7 nitrogen and oxygen atoms in total. The summed E-state index contributed by atoms with van der Waals surface area (Å²) >= 11 is 1.35. The number of aromatic nitrogens is 1. The third kappa shape index (κ3) is 4.38. The zero-order chi connectivity index (χ0) is 20.4. The SMILES string of the molecule is COC(=O)Nc1nc2ccc(NC(=O)C3C(C4CCCCC4)CCN3C)cc2s1. The number of likely N-dealkylation sites (tertiary alicyclic amines) is 1. The predicted molar refractivity (Wildman–Crippen MR) is 115 cm³/mol. The Kier molecular flexibility index (Phi) is 6.01. The van der Waals surface area contributed by atoms with E-state index in [1.54, 1.807) is 0 Å². The third-order valence-corrected chi connectivity index (χ3v) is 7.20. The first-order valence-electron chi connectivity index (χ1n) is 10.3. The van der Waals surface area contributed by atoms with Crippen molar-refractivity contribution < 1.29 is 14.3 Å². The Labute approximate surface area is 174 Å². The minimum absolute atomic E-state index is 0.0631. The van der Waals surface area contributed by atoms with Gasteiger partial charge in [0, 0.05) is 5.69 Å². The zero-order valence-electron chi connectivity index (χ0n) is 16.9. The smallest absolute Gasteiger partial charge is 0.413 e. The number of rotatable bonds is 4. The normalized spacial score (nSPS) is 23.2. The summed E-state index contributed by atoms with van der Waals surface area (Å²) in [5.41, 5.74) is 1.54. The Bertz CT molecular complexity index is 893. The second-order valence-electron chi connectivity index (χ2n) is 8.08. The maximum Gasteiger partial charge on any atom is 0.413 e. The standard InChI is InChI=1S/C21H28N4O3S/c1-25-11-10-15(13-6-4-3-5-7-13)18(25)19(26)22-14-8-9-16-17(12-14)29-20(23-16)24-21(27)28-2/h8-9,12-13,15,18H,3-7,10-11H2,1-2H3,(H,22,26)(H,23,24,27). The quantitative estimate of drug-likeness (QED) is 0.776. The van der Waals surface area contributed by atoms with Gasteiger partial charge in [0.25, 0.3) is 0 Å². The first kappa shape index (κ1) is 20.1. The van der Waals surface area contributed by atoms with Crippen molar-refractivity contribution in [2.75, 3.05) is 31.3 Å². The topological polar surface area (TPSA) is 83.6 Å². The van der Waals surface area contributed by atoms with Crippen LogP contribution in [0.15, 0.2) is 18.2 Å². The van der Waals surface area contributed by atoms with Gasteiger partial charge in [-0.1, -0.05) is 43.4 Å². The molecule has 2 fully saturated rings. The average Bonchev–Trinajstić information content (AvgIpc) is 3.30. The third-order valence-electron chi connectivity index (χ3n) is 6.27. The van der Waals surface area contributed by atoms with Crippen LogP contribution >= 0.6 is 11.3 Å². The Morgan fingerprint density at radius 1 is 1.17 bits per heavy atom. The lowest BCUT2D eigenvalue weighted by Crippen LogP contribution is -2.43. The number of nitrogens with one attached hydrogen (secondary N) is 2. The van der Waals surface area contributed by atoms with E-state index >= 15 is 0 Å². The summed E-state index contributed by atoms with van der Waals surface area (Å²) in [6.07, 6.45) is 6.99. The van der Waals surface area contributed by atoms with E-state index in [1.807, 2.05) is 18.2 Å². The Morgan fingerprint density at radius 2 is 1.97 bits per heavy atom. The van der Waals surface area contributed by atoms with E-state index < -0.39 is 6.09 Å². The van der Waals surface area contributed by atoms with Gasteiger partial charge in [-0.3, -0.25) is 15.0 Å². The van der Waals surface area contributed by atoms with Crippen molar-refractivity contribution in [2.45, 2.75) is 44.6 Å². The lowest BCUT2D eigenvalue weighted by atomic mass is 9.76. The fourth-order valence-electron chi connectivity index (χ4n) is 4.84. The fraction of sp³-hybridized carbons (Fsp3) is 0.571. The van der Waals surface area contributed by atoms with Crippen molar-refractivity contribution in [3.8, 4) is 0 Å². The number of benzene rings is 1. The van der Waals surface area contributed by atoms with Crippen LogP contribution in [0.1, 0.15) is 38.5 Å². The van der Waals surface area contributed by atoms with Crippen molar-refractivity contribution in [3.63, 3.8) is 0 Å². The Hall–Kier alpha value is -2.19. The number of nitrogens with zero attached hydrogens (tertiary/aromatic N) is 2. The first-order chi connectivity index (χ1) is 14.0. The second kappa shape index (κ2) is 8.67. The summed E-state index contributed by atoms with van der Waals surface area (Å²) in [5, 5.41) is 6.18. The minimum Gasteiger partial charge on any atom is -0.453 e. The van der Waals surface area contributed by atoms with Gasteiger partial charge in [0.15, 0.2) is 5.13 Å². The van der Waals surface area contributed by atoms with Crippen molar-refractivity contribution in [3.05, 3.63) is 18.2 Å². The van der Waals surface area contributed by atoms with Crippen molar-refractivity contribution in [1.29, 1.82) is 0 Å². The highest BCUT2D eigenvalue weighted by atomic mass is 32.1. The van der Waals surface area contributed by atoms with E-state index in [2.05, 4.69) is 32.3 Å². The first-order valence-corrected chi connectivity index (χ1v) is 11.1. The Balaban J connectivity index is 1.47. The lowest BCUT2D eigenvalue weighted by Gasteiger charge is -2.32. The molecular weight excluding hydrogens is 388 g/mol. The molecule has 29 heavy (non-hydrogen) atoms. The summed E-state index contributed by atoms with van der Waals surface area (Å²) in [7, 11) is 3.38. The van der Waals surface area contributed by atoms with Gasteiger partial charge in [-0.2, -0.15) is 0 Å². The molecule has 0 spiro atoms. The van der Waals surface area contributed by atoms with Crippen molar-refractivity contribution in [1.82, 2.24) is 9.88 Å². The molecule has 2 aliphatic rings. The summed E-state index contributed by atoms with van der Waals surface area (Å²) < 4.78 is 5.51. The summed E-state index contributed by atoms with van der Waals surface area (Å²) in [4.78, 5) is 31.1. The van der Waals surface area contributed by atoms with Crippen LogP contribution in [-0.4, -0.2) is 48.6 Å². The predicted octanol–water partition coefficient (Wildman–Crippen LogP) is 4.31. The highest BCUT2D eigenvalue weighted by Gasteiger charge is 2.41. The van der Waals surface area contributed by atoms with Crippen LogP contribution < -0.4 is 10.6 Å². The van der Waals surface area contributed by atoms with Crippen LogP contribution in [0, 0.1) is 11.8 Å². The zero-order valence-corrected chi connectivity index (χ0v) is 17.8. The number of methoxy groups -OCH3 is 1. The van der Waals surface area contributed by atoms with Crippen LogP contribution in [0.4, 0.5) is 15.6 Å². The van der Waals surface area contributed by atoms with Gasteiger partial charge in [-0.25, -0.2) is 9.78 Å². The number of likely N-dealkylation sites (N-methyl/N-ethyl adjacent to an activating group) is 1. The van der Waals surface area contributed by atoms with Gasteiger partial charge in [0.1, 0.15) is 0 Å². The number of ether oxygens (including phenoxy) is 1. The number of hydrogen-bond donors (Lipinski definition) is 2. The van der Waals surface area contributed by atoms with Gasteiger partial charge in [-0.15, -0.1) is 0 Å². The molecule has 1 aliphatic heterocycles. The van der Waals surface area contributed by atoms with Crippen LogP contribution in [0.2, 0.25) is 0 Å². The molecule has 1 saturated carbocycles. The Morgan fingerprint density at radius 3 is 2.72 bits per heavy atom. The van der Waals surface area contributed by atoms with Crippen LogP contribution in [0.5, 0.6) is 0 Å². The molecule has 4 rings (SSSR count). The highest BCUT2D eigenvalue weighted by molar-refractivity contribution is 7.22. The van der Waals surface area contributed by atoms with Gasteiger partial charge < -0.3 is 10.1 Å². The minimum atomic E-state index is -0.546. The van der Waals surface area contributed by atoms with E-state index in [0.29, 0.717) is 17.0 Å². The molecule has 156 valence electrons. The number of carbonyl (C=O) groups excluding carboxylic acids is 2. The molecule has 8 heteroatoms. The molecule has 1 saturated heterocycles. The van der Waals surface area contributed by atoms with Gasteiger partial charge >= 0.3 is 6.09 Å². The highest BCUT2D eigenvalue weighted by Crippen LogP contribution is 2.39. The summed E-state index contributed by atoms with van der Waals surface area (Å²) in [6.45, 7) is 0.982. The van der Waals surface area contributed by atoms with Crippen LogP contribution in [0.3, 0.4) is 0 Å². The number of amides is 2. The molecule has 2 unspecified atom stereocenters. The molecule has 1 aromatic heterocycles. The van der Waals surface area contributed by atoms with Gasteiger partial charge in [0.05, 0.1) is 23.4 Å². The van der Waals surface area contributed by atoms with E-state index in [9.17, 15) is 9.59 Å². The number of fused-ring (bicyclic) bond motifs is 1. The number of hydrogen-bond acceptors (Lipinski definition) is 6. The van der Waals surface area contributed by atoms with E-state index in [-0.39, 0.29) is 11.9 Å². The molecule has 2 aromatic rings. The maximum atomic E-state index is 13.2. The molecule has 2 atom stereocenters. The molecule has 2 amide bonds. The number of thiazole rings is 1. The van der Waals surface area contributed by atoms with E-state index in [4.69, 9.17) is 0 Å². The summed E-state index contributed by atoms with van der Waals surface area (Å²) in [5.74, 6) is 1.20. The second-order valence-corrected chi connectivity index (χ2v) is 9.11. The molecular formula is C21H28N4O3S. The molecule has 2 N–H and O–H groups in total. The van der Waals surface area contributed by atoms with E-state index in [1.165, 1.54) is 50.6 Å². The number of carbonyl (C=O) groups is 2. The molecule has 0 radical (unpaired) electrons. The monoisotopic (exact) mass is 416 g/mol. The van der Waals surface area contributed by atoms with Gasteiger partial charge in [0.2, 0.25) is 5.91 Å². The summed E-state index contributed by atoms with van der Waals surface area (Å²) in [6, 6.07) is 5.58. The number of anilines is 2. The largest absolute Gasteiger partial charge is 0.453 e. The van der Waals surface area contributed by atoms with E-state index in [0.717, 1.165) is 28.9 Å². The van der Waals surface area contributed by atoms with Crippen LogP contribution in [-0.2, 0) is 9.53 Å². The fourth-order valence-corrected chi connectivity index (χ4v) is 5.73. The lowest BCUT2D eigenvalue weighted by molar-refractivity contribution is -0.121. The average molecular weight is 417 g/mol. The maximum absolute atomic E-state index is 13.2. The molecule has 1 aromatic carbocycles. The van der Waals surface area contributed by atoms with Crippen molar-refractivity contribution in [2.24, 2.45) is 11.8 Å². The van der Waals surface area contributed by atoms with Gasteiger partial charge in [-0.05, 0) is 50.0 Å². The van der Waals surface area contributed by atoms with Crippen molar-refractivity contribution >= 4 is 44.4 Å². The molecule has 0 bridgehead atoms. The molecule has 1 aliphatic carbocycles. The molecule has 2 heterocycles. The van der Waals surface area contributed by atoms with Crippen LogP contribution in [0.25, 0.3) is 10.2 Å².